The molecular weight excluding hydrogens is 256 g/mol. The van der Waals surface area contributed by atoms with Gasteiger partial charge in [0.1, 0.15) is 0 Å². The summed E-state index contributed by atoms with van der Waals surface area (Å²) < 4.78 is 5.23. The molecule has 0 heterocycles. The minimum absolute atomic E-state index is 0.156. The van der Waals surface area contributed by atoms with Gasteiger partial charge in [0.15, 0.2) is 0 Å². The second-order valence-electron chi connectivity index (χ2n) is 6.34. The second-order valence-corrected chi connectivity index (χ2v) is 6.34. The Balaban J connectivity index is 2.13. The molecule has 1 spiro atoms. The van der Waals surface area contributed by atoms with Gasteiger partial charge < -0.3 is 14.9 Å². The maximum absolute atomic E-state index is 12.3. The van der Waals surface area contributed by atoms with Gasteiger partial charge in [0.25, 0.3) is 0 Å². The fourth-order valence-electron chi connectivity index (χ4n) is 4.03. The van der Waals surface area contributed by atoms with E-state index in [9.17, 15) is 15.0 Å². The lowest BCUT2D eigenvalue weighted by Gasteiger charge is -2.46. The van der Waals surface area contributed by atoms with Crippen molar-refractivity contribution in [3.05, 3.63) is 12.7 Å². The topological polar surface area (TPSA) is 66.8 Å². The minimum Gasteiger partial charge on any atom is -0.466 e. The van der Waals surface area contributed by atoms with Crippen LogP contribution in [0.1, 0.15) is 51.9 Å². The fraction of sp³-hybridized carbons (Fsp3) is 0.812. The molecule has 114 valence electrons. The SMILES string of the molecule is C=CCC1(C(=O)OCC)CCC2(CC1)C(O)CCC2O. The van der Waals surface area contributed by atoms with Crippen LogP contribution in [0.15, 0.2) is 12.7 Å². The van der Waals surface area contributed by atoms with Crippen molar-refractivity contribution < 1.29 is 19.7 Å². The second kappa shape index (κ2) is 5.86. The quantitative estimate of drug-likeness (QED) is 0.612. The van der Waals surface area contributed by atoms with E-state index in [1.807, 2.05) is 6.92 Å². The van der Waals surface area contributed by atoms with E-state index in [4.69, 9.17) is 4.74 Å². The van der Waals surface area contributed by atoms with Crippen LogP contribution in [0.3, 0.4) is 0 Å². The van der Waals surface area contributed by atoms with Crippen molar-refractivity contribution in [2.75, 3.05) is 6.61 Å². The van der Waals surface area contributed by atoms with Crippen LogP contribution >= 0.6 is 0 Å². The summed E-state index contributed by atoms with van der Waals surface area (Å²) in [6.45, 7) is 5.95. The van der Waals surface area contributed by atoms with Crippen molar-refractivity contribution in [3.8, 4) is 0 Å². The van der Waals surface area contributed by atoms with Gasteiger partial charge in [-0.2, -0.15) is 0 Å². The molecule has 0 amide bonds. The Morgan fingerprint density at radius 3 is 2.25 bits per heavy atom. The van der Waals surface area contributed by atoms with E-state index in [0.717, 1.165) is 0 Å². The molecule has 2 saturated carbocycles. The lowest BCUT2D eigenvalue weighted by molar-refractivity contribution is -0.162. The summed E-state index contributed by atoms with van der Waals surface area (Å²) in [7, 11) is 0. The molecule has 20 heavy (non-hydrogen) atoms. The molecule has 0 aromatic rings. The Hall–Kier alpha value is -0.870. The first kappa shape index (κ1) is 15.5. The number of esters is 1. The van der Waals surface area contributed by atoms with Crippen LogP contribution in [0.4, 0.5) is 0 Å². The van der Waals surface area contributed by atoms with Crippen LogP contribution in [0, 0.1) is 10.8 Å². The van der Waals surface area contributed by atoms with E-state index in [1.54, 1.807) is 6.08 Å². The van der Waals surface area contributed by atoms with Crippen LogP contribution in [0.25, 0.3) is 0 Å². The maximum atomic E-state index is 12.3. The van der Waals surface area contributed by atoms with Gasteiger partial charge in [-0.15, -0.1) is 6.58 Å². The summed E-state index contributed by atoms with van der Waals surface area (Å²) >= 11 is 0. The van der Waals surface area contributed by atoms with Crippen molar-refractivity contribution >= 4 is 5.97 Å². The van der Waals surface area contributed by atoms with Crippen LogP contribution in [0.2, 0.25) is 0 Å². The van der Waals surface area contributed by atoms with Gasteiger partial charge in [-0.05, 0) is 51.9 Å². The summed E-state index contributed by atoms with van der Waals surface area (Å²) in [5.74, 6) is -0.156. The molecule has 2 unspecified atom stereocenters. The van der Waals surface area contributed by atoms with Gasteiger partial charge in [0.2, 0.25) is 0 Å². The van der Waals surface area contributed by atoms with Gasteiger partial charge in [-0.25, -0.2) is 0 Å². The number of carbonyl (C=O) groups excluding carboxylic acids is 1. The molecule has 4 heteroatoms. The third kappa shape index (κ3) is 2.40. The summed E-state index contributed by atoms with van der Waals surface area (Å²) in [5, 5.41) is 20.4. The van der Waals surface area contributed by atoms with Crippen molar-refractivity contribution in [1.82, 2.24) is 0 Å². The number of aliphatic hydroxyl groups excluding tert-OH is 2. The zero-order valence-corrected chi connectivity index (χ0v) is 12.3. The highest BCUT2D eigenvalue weighted by atomic mass is 16.5. The zero-order valence-electron chi connectivity index (χ0n) is 12.3. The molecule has 4 nitrogen and oxygen atoms in total. The Kier molecular flexibility index (Phi) is 4.55. The third-order valence-electron chi connectivity index (χ3n) is 5.42. The number of hydrogen-bond donors (Lipinski definition) is 2. The van der Waals surface area contributed by atoms with E-state index < -0.39 is 23.0 Å². The van der Waals surface area contributed by atoms with Gasteiger partial charge in [0.05, 0.1) is 24.2 Å². The number of carbonyl (C=O) groups is 1. The molecule has 0 radical (unpaired) electrons. The molecule has 2 aliphatic rings. The molecule has 2 fully saturated rings. The standard InChI is InChI=1S/C16H26O4/c1-3-7-15(14(19)20-4-2)8-10-16(11-9-15)12(17)5-6-13(16)18/h3,12-13,17-18H,1,4-11H2,2H3. The lowest BCUT2D eigenvalue weighted by Crippen LogP contribution is -2.47. The van der Waals surface area contributed by atoms with E-state index >= 15 is 0 Å². The predicted molar refractivity (Wildman–Crippen MR) is 76.0 cm³/mol. The molecule has 0 aliphatic heterocycles. The van der Waals surface area contributed by atoms with E-state index in [0.29, 0.717) is 51.6 Å². The zero-order chi connectivity index (χ0) is 14.8. The molecule has 0 bridgehead atoms. The Labute approximate surface area is 120 Å². The van der Waals surface area contributed by atoms with Crippen molar-refractivity contribution in [2.24, 2.45) is 10.8 Å². The summed E-state index contributed by atoms with van der Waals surface area (Å²) in [4.78, 5) is 12.3. The summed E-state index contributed by atoms with van der Waals surface area (Å²) in [6, 6.07) is 0. The van der Waals surface area contributed by atoms with Gasteiger partial charge in [0, 0.05) is 5.41 Å². The molecule has 0 aromatic heterocycles. The largest absolute Gasteiger partial charge is 0.466 e. The average molecular weight is 282 g/mol. The predicted octanol–water partition coefficient (Wildman–Crippen LogP) is 2.19. The number of allylic oxidation sites excluding steroid dienone is 1. The van der Waals surface area contributed by atoms with Crippen LogP contribution in [-0.4, -0.2) is 35.0 Å². The number of aliphatic hydroxyl groups is 2. The first-order valence-electron chi connectivity index (χ1n) is 7.65. The monoisotopic (exact) mass is 282 g/mol. The average Bonchev–Trinajstić information content (AvgIpc) is 2.71. The van der Waals surface area contributed by atoms with Gasteiger partial charge in [-0.1, -0.05) is 6.08 Å². The first-order valence-corrected chi connectivity index (χ1v) is 7.65. The molecule has 0 saturated heterocycles. The van der Waals surface area contributed by atoms with E-state index in [-0.39, 0.29) is 5.97 Å². The molecule has 2 aliphatic carbocycles. The van der Waals surface area contributed by atoms with Crippen molar-refractivity contribution in [2.45, 2.75) is 64.1 Å². The van der Waals surface area contributed by atoms with Crippen molar-refractivity contribution in [3.63, 3.8) is 0 Å². The van der Waals surface area contributed by atoms with Crippen LogP contribution in [-0.2, 0) is 9.53 Å². The molecular formula is C16H26O4. The number of hydrogen-bond acceptors (Lipinski definition) is 4. The Morgan fingerprint density at radius 1 is 1.25 bits per heavy atom. The molecule has 0 aromatic carbocycles. The number of ether oxygens (including phenoxy) is 1. The van der Waals surface area contributed by atoms with Crippen molar-refractivity contribution in [1.29, 1.82) is 0 Å². The smallest absolute Gasteiger partial charge is 0.312 e. The molecule has 2 atom stereocenters. The highest BCUT2D eigenvalue weighted by Gasteiger charge is 2.55. The molecule has 2 rings (SSSR count). The Morgan fingerprint density at radius 2 is 1.80 bits per heavy atom. The number of rotatable bonds is 4. The minimum atomic E-state index is -0.509. The van der Waals surface area contributed by atoms with Crippen LogP contribution < -0.4 is 0 Å². The van der Waals surface area contributed by atoms with Crippen LogP contribution in [0.5, 0.6) is 0 Å². The highest BCUT2D eigenvalue weighted by Crippen LogP contribution is 2.55. The third-order valence-corrected chi connectivity index (χ3v) is 5.42. The highest BCUT2D eigenvalue weighted by molar-refractivity contribution is 5.77. The van der Waals surface area contributed by atoms with E-state index in [2.05, 4.69) is 6.58 Å². The van der Waals surface area contributed by atoms with E-state index in [1.165, 1.54) is 0 Å². The fourth-order valence-corrected chi connectivity index (χ4v) is 4.03. The Bertz CT molecular complexity index is 357. The summed E-state index contributed by atoms with van der Waals surface area (Å²) in [6.07, 6.45) is 5.50. The van der Waals surface area contributed by atoms with Gasteiger partial charge >= 0.3 is 5.97 Å². The molecule has 2 N–H and O–H groups in total. The first-order chi connectivity index (χ1) is 9.50. The lowest BCUT2D eigenvalue weighted by atomic mass is 9.60. The van der Waals surface area contributed by atoms with Gasteiger partial charge in [-0.3, -0.25) is 4.79 Å². The summed E-state index contributed by atoms with van der Waals surface area (Å²) in [5.41, 5.74) is -0.914. The maximum Gasteiger partial charge on any atom is 0.312 e. The normalized spacial score (nSPS) is 40.8.